The number of nitrogens with one attached hydrogen (secondary N) is 2. The Hall–Kier alpha value is -2.49. The number of likely N-dealkylation sites (tertiary alicyclic amines) is 1. The molecule has 0 saturated carbocycles. The van der Waals surface area contributed by atoms with Gasteiger partial charge in [0, 0.05) is 13.5 Å². The van der Waals surface area contributed by atoms with Crippen molar-refractivity contribution in [2.24, 2.45) is 5.84 Å². The second-order valence-electron chi connectivity index (χ2n) is 4.14. The summed E-state index contributed by atoms with van der Waals surface area (Å²) in [5, 5.41) is 2.85. The normalized spacial score (nSPS) is 18.9. The quantitative estimate of drug-likeness (QED) is 0.350. The second kappa shape index (κ2) is 5.65. The molecule has 1 aromatic rings. The first kappa shape index (κ1) is 13.9. The van der Waals surface area contributed by atoms with Crippen LogP contribution in [0.2, 0.25) is 0 Å². The average molecular weight is 281 g/mol. The van der Waals surface area contributed by atoms with E-state index in [0.29, 0.717) is 6.42 Å². The zero-order valence-electron chi connectivity index (χ0n) is 11.1. The number of nitrogens with zero attached hydrogens (tertiary/aromatic N) is 4. The maximum atomic E-state index is 11.9. The molecule has 1 aliphatic heterocycles. The molecule has 20 heavy (non-hydrogen) atoms. The number of anilines is 2. The number of rotatable bonds is 4. The van der Waals surface area contributed by atoms with Crippen molar-refractivity contribution in [1.29, 1.82) is 0 Å². The summed E-state index contributed by atoms with van der Waals surface area (Å²) in [7, 11) is 2.84. The molecule has 1 atom stereocenters. The highest BCUT2D eigenvalue weighted by atomic mass is 16.5. The molecular formula is C10H15N7O3. The van der Waals surface area contributed by atoms with Crippen molar-refractivity contribution in [2.45, 2.75) is 18.9 Å². The monoisotopic (exact) mass is 281 g/mol. The number of nitrogens with two attached hydrogens (primary N) is 1. The third-order valence-electron chi connectivity index (χ3n) is 2.88. The van der Waals surface area contributed by atoms with E-state index in [0.717, 1.165) is 4.90 Å². The molecule has 4 N–H and O–H groups in total. The summed E-state index contributed by atoms with van der Waals surface area (Å²) in [6.07, 6.45) is 0.658. The fourth-order valence-corrected chi connectivity index (χ4v) is 1.78. The van der Waals surface area contributed by atoms with Crippen LogP contribution in [0.15, 0.2) is 0 Å². The van der Waals surface area contributed by atoms with E-state index in [9.17, 15) is 9.59 Å². The topological polar surface area (TPSA) is 135 Å². The van der Waals surface area contributed by atoms with Crippen LogP contribution in [0.1, 0.15) is 12.8 Å². The van der Waals surface area contributed by atoms with Crippen LogP contribution in [0.4, 0.5) is 11.9 Å². The molecule has 0 aliphatic carbocycles. The number of imide groups is 1. The van der Waals surface area contributed by atoms with Gasteiger partial charge < -0.3 is 10.1 Å². The number of likely N-dealkylation sites (N-methyl/N-ethyl adjacent to an activating group) is 1. The molecule has 1 aromatic heterocycles. The maximum absolute atomic E-state index is 11.9. The highest BCUT2D eigenvalue weighted by Crippen LogP contribution is 2.17. The number of amides is 2. The lowest BCUT2D eigenvalue weighted by Gasteiger charge is -2.28. The molecule has 0 bridgehead atoms. The fraction of sp³-hybridized carbons (Fsp3) is 0.500. The Morgan fingerprint density at radius 2 is 2.00 bits per heavy atom. The van der Waals surface area contributed by atoms with Crippen LogP contribution in [0.5, 0.6) is 6.01 Å². The Balaban J connectivity index is 2.17. The number of aromatic nitrogens is 3. The van der Waals surface area contributed by atoms with E-state index in [2.05, 4.69) is 25.7 Å². The van der Waals surface area contributed by atoms with Crippen molar-refractivity contribution in [3.8, 4) is 6.01 Å². The van der Waals surface area contributed by atoms with Crippen LogP contribution >= 0.6 is 0 Å². The van der Waals surface area contributed by atoms with Crippen molar-refractivity contribution in [1.82, 2.24) is 19.9 Å². The van der Waals surface area contributed by atoms with E-state index in [-0.39, 0.29) is 36.1 Å². The largest absolute Gasteiger partial charge is 0.467 e. The van der Waals surface area contributed by atoms with Gasteiger partial charge in [0.05, 0.1) is 7.11 Å². The molecule has 1 saturated heterocycles. The van der Waals surface area contributed by atoms with Crippen molar-refractivity contribution in [2.75, 3.05) is 24.9 Å². The molecule has 2 rings (SSSR count). The summed E-state index contributed by atoms with van der Waals surface area (Å²) in [6.45, 7) is 0. The van der Waals surface area contributed by atoms with Crippen LogP contribution in [-0.2, 0) is 9.59 Å². The van der Waals surface area contributed by atoms with E-state index in [1.165, 1.54) is 14.2 Å². The summed E-state index contributed by atoms with van der Waals surface area (Å²) < 4.78 is 4.90. The maximum Gasteiger partial charge on any atom is 0.322 e. The lowest BCUT2D eigenvalue weighted by atomic mass is 10.1. The predicted molar refractivity (Wildman–Crippen MR) is 68.6 cm³/mol. The lowest BCUT2D eigenvalue weighted by molar-refractivity contribution is -0.146. The van der Waals surface area contributed by atoms with Gasteiger partial charge in [0.25, 0.3) is 5.91 Å². The van der Waals surface area contributed by atoms with Gasteiger partial charge in [-0.05, 0) is 6.42 Å². The number of hydrazine groups is 1. The van der Waals surface area contributed by atoms with Gasteiger partial charge in [-0.25, -0.2) is 5.84 Å². The van der Waals surface area contributed by atoms with Gasteiger partial charge in [0.1, 0.15) is 6.04 Å². The van der Waals surface area contributed by atoms with Crippen LogP contribution in [0, 0.1) is 0 Å². The SMILES string of the molecule is COc1nc(NN)nc(NC2CCC(=O)N(C)C2=O)n1. The van der Waals surface area contributed by atoms with E-state index < -0.39 is 6.04 Å². The molecule has 0 radical (unpaired) electrons. The number of ether oxygens (including phenoxy) is 1. The minimum Gasteiger partial charge on any atom is -0.467 e. The predicted octanol–water partition coefficient (Wildman–Crippen LogP) is -1.27. The summed E-state index contributed by atoms with van der Waals surface area (Å²) in [5.41, 5.74) is 2.27. The molecule has 1 unspecified atom stereocenters. The van der Waals surface area contributed by atoms with Crippen molar-refractivity contribution >= 4 is 23.7 Å². The molecule has 1 aliphatic rings. The fourth-order valence-electron chi connectivity index (χ4n) is 1.78. The van der Waals surface area contributed by atoms with Gasteiger partial charge in [-0.2, -0.15) is 15.0 Å². The Morgan fingerprint density at radius 3 is 2.65 bits per heavy atom. The highest BCUT2D eigenvalue weighted by Gasteiger charge is 2.32. The summed E-state index contributed by atoms with van der Waals surface area (Å²) >= 11 is 0. The van der Waals surface area contributed by atoms with Crippen LogP contribution in [0.3, 0.4) is 0 Å². The molecule has 10 heteroatoms. The molecule has 2 amide bonds. The summed E-state index contributed by atoms with van der Waals surface area (Å²) in [6, 6.07) is -0.515. The lowest BCUT2D eigenvalue weighted by Crippen LogP contribution is -2.48. The molecule has 0 aromatic carbocycles. The number of carbonyl (C=O) groups excluding carboxylic acids is 2. The minimum absolute atomic E-state index is 0.0585. The smallest absolute Gasteiger partial charge is 0.322 e. The standard InChI is InChI=1S/C10H15N7O3/c1-17-6(18)4-3-5(7(17)19)12-8-13-9(16-11)15-10(14-8)20-2/h5H,3-4,11H2,1-2H3,(H2,12,13,14,15,16). The van der Waals surface area contributed by atoms with Crippen LogP contribution < -0.4 is 21.3 Å². The minimum atomic E-state index is -0.574. The average Bonchev–Trinajstić information content (AvgIpc) is 2.47. The summed E-state index contributed by atoms with van der Waals surface area (Å²) in [5.74, 6) is 4.95. The van der Waals surface area contributed by atoms with E-state index in [1.807, 2.05) is 0 Å². The number of nitrogen functional groups attached to an aromatic ring is 1. The third-order valence-corrected chi connectivity index (χ3v) is 2.88. The number of methoxy groups -OCH3 is 1. The van der Waals surface area contributed by atoms with Gasteiger partial charge in [0.2, 0.25) is 17.8 Å². The molecule has 1 fully saturated rings. The first-order chi connectivity index (χ1) is 9.55. The Labute approximate surface area is 114 Å². The Kier molecular flexibility index (Phi) is 3.94. The van der Waals surface area contributed by atoms with Gasteiger partial charge in [-0.1, -0.05) is 0 Å². The second-order valence-corrected chi connectivity index (χ2v) is 4.14. The van der Waals surface area contributed by atoms with Gasteiger partial charge >= 0.3 is 6.01 Å². The van der Waals surface area contributed by atoms with Gasteiger partial charge in [-0.3, -0.25) is 19.9 Å². The van der Waals surface area contributed by atoms with E-state index >= 15 is 0 Å². The van der Waals surface area contributed by atoms with Crippen LogP contribution in [-0.4, -0.2) is 51.9 Å². The Bertz CT molecular complexity index is 513. The first-order valence-corrected chi connectivity index (χ1v) is 5.88. The molecule has 0 spiro atoms. The number of hydrogen-bond donors (Lipinski definition) is 3. The first-order valence-electron chi connectivity index (χ1n) is 5.88. The molecule has 10 nitrogen and oxygen atoms in total. The highest BCUT2D eigenvalue weighted by molar-refractivity contribution is 6.01. The van der Waals surface area contributed by atoms with Crippen molar-refractivity contribution in [3.63, 3.8) is 0 Å². The number of carbonyl (C=O) groups is 2. The summed E-state index contributed by atoms with van der Waals surface area (Å²) in [4.78, 5) is 36.2. The van der Waals surface area contributed by atoms with Crippen molar-refractivity contribution in [3.05, 3.63) is 0 Å². The molecule has 108 valence electrons. The third kappa shape index (κ3) is 2.74. The number of piperidine rings is 1. The van der Waals surface area contributed by atoms with Crippen LogP contribution in [0.25, 0.3) is 0 Å². The molecular weight excluding hydrogens is 266 g/mol. The van der Waals surface area contributed by atoms with E-state index in [4.69, 9.17) is 10.6 Å². The van der Waals surface area contributed by atoms with Gasteiger partial charge in [-0.15, -0.1) is 0 Å². The zero-order valence-corrected chi connectivity index (χ0v) is 11.1. The van der Waals surface area contributed by atoms with Crippen molar-refractivity contribution < 1.29 is 14.3 Å². The van der Waals surface area contributed by atoms with Gasteiger partial charge in [0.15, 0.2) is 0 Å². The van der Waals surface area contributed by atoms with E-state index in [1.54, 1.807) is 0 Å². The number of hydrogen-bond acceptors (Lipinski definition) is 9. The molecule has 2 heterocycles. The Morgan fingerprint density at radius 1 is 1.30 bits per heavy atom. The zero-order chi connectivity index (χ0) is 14.7.